The molecule has 2 aliphatic rings. The van der Waals surface area contributed by atoms with E-state index in [2.05, 4.69) is 5.32 Å². The second kappa shape index (κ2) is 5.80. The van der Waals surface area contributed by atoms with Crippen LogP contribution >= 0.6 is 11.6 Å². The maximum absolute atomic E-state index is 12.6. The minimum absolute atomic E-state index is 0.0415. The minimum atomic E-state index is -0.433. The van der Waals surface area contributed by atoms with Gasteiger partial charge in [0.25, 0.3) is 0 Å². The number of nitrogens with zero attached hydrogens (tertiary/aromatic N) is 2. The highest BCUT2D eigenvalue weighted by molar-refractivity contribution is 6.33. The summed E-state index contributed by atoms with van der Waals surface area (Å²) in [5, 5.41) is 3.37. The fourth-order valence-electron chi connectivity index (χ4n) is 3.30. The van der Waals surface area contributed by atoms with E-state index in [9.17, 15) is 9.59 Å². The van der Waals surface area contributed by atoms with Crippen molar-refractivity contribution in [2.45, 2.75) is 38.8 Å². The molecule has 0 aliphatic carbocycles. The first-order valence-electron chi connectivity index (χ1n) is 7.62. The first kappa shape index (κ1) is 15.2. The average molecular weight is 322 g/mol. The molecule has 2 saturated heterocycles. The lowest BCUT2D eigenvalue weighted by molar-refractivity contribution is -0.140. The van der Waals surface area contributed by atoms with E-state index in [1.165, 1.54) is 0 Å². The van der Waals surface area contributed by atoms with Crippen LogP contribution in [0.3, 0.4) is 0 Å². The van der Waals surface area contributed by atoms with E-state index in [0.29, 0.717) is 17.3 Å². The van der Waals surface area contributed by atoms with Crippen LogP contribution in [-0.4, -0.2) is 46.9 Å². The molecule has 1 aromatic carbocycles. The van der Waals surface area contributed by atoms with Crippen molar-refractivity contribution in [3.05, 3.63) is 28.8 Å². The second-order valence-corrected chi connectivity index (χ2v) is 6.43. The molecule has 0 unspecified atom stereocenters. The summed E-state index contributed by atoms with van der Waals surface area (Å²) < 4.78 is 0. The van der Waals surface area contributed by atoms with Gasteiger partial charge in [-0.2, -0.15) is 0 Å². The summed E-state index contributed by atoms with van der Waals surface area (Å²) in [6.45, 7) is 5.08. The molecule has 0 radical (unpaired) electrons. The van der Waals surface area contributed by atoms with Gasteiger partial charge in [-0.25, -0.2) is 4.79 Å². The number of fused-ring (bicyclic) bond motifs is 1. The highest BCUT2D eigenvalue weighted by Gasteiger charge is 2.42. The average Bonchev–Trinajstić information content (AvgIpc) is 2.95. The number of benzene rings is 1. The molecule has 22 heavy (non-hydrogen) atoms. The number of piperazine rings is 1. The van der Waals surface area contributed by atoms with Crippen molar-refractivity contribution in [2.75, 3.05) is 18.4 Å². The van der Waals surface area contributed by atoms with E-state index >= 15 is 0 Å². The van der Waals surface area contributed by atoms with Gasteiger partial charge in [0, 0.05) is 19.1 Å². The fourth-order valence-corrected chi connectivity index (χ4v) is 3.57. The normalized spacial score (nSPS) is 24.4. The van der Waals surface area contributed by atoms with Crippen molar-refractivity contribution in [3.63, 3.8) is 0 Å². The Morgan fingerprint density at radius 1 is 1.41 bits per heavy atom. The molecule has 2 fully saturated rings. The number of carbonyl (C=O) groups excluding carboxylic acids is 2. The lowest BCUT2D eigenvalue weighted by Crippen LogP contribution is -2.60. The van der Waals surface area contributed by atoms with E-state index in [-0.39, 0.29) is 18.0 Å². The van der Waals surface area contributed by atoms with Crippen LogP contribution in [0.4, 0.5) is 10.5 Å². The smallest absolute Gasteiger partial charge is 0.322 e. The van der Waals surface area contributed by atoms with Gasteiger partial charge in [-0.15, -0.1) is 0 Å². The van der Waals surface area contributed by atoms with Crippen LogP contribution in [0.25, 0.3) is 0 Å². The van der Waals surface area contributed by atoms with Gasteiger partial charge in [0.1, 0.15) is 6.04 Å². The van der Waals surface area contributed by atoms with Gasteiger partial charge < -0.3 is 15.1 Å². The molecule has 0 bridgehead atoms. The van der Waals surface area contributed by atoms with Crippen molar-refractivity contribution in [2.24, 2.45) is 0 Å². The topological polar surface area (TPSA) is 52.7 Å². The fraction of sp³-hybridized carbons (Fsp3) is 0.500. The number of aryl methyl sites for hydroxylation is 1. The summed E-state index contributed by atoms with van der Waals surface area (Å²) in [5.74, 6) is 0.0415. The number of halogens is 1. The van der Waals surface area contributed by atoms with Crippen LogP contribution in [-0.2, 0) is 4.79 Å². The summed E-state index contributed by atoms with van der Waals surface area (Å²) in [5.41, 5.74) is 1.52. The van der Waals surface area contributed by atoms with Crippen LogP contribution in [0.15, 0.2) is 18.2 Å². The van der Waals surface area contributed by atoms with Crippen LogP contribution in [0.5, 0.6) is 0 Å². The van der Waals surface area contributed by atoms with Crippen LogP contribution < -0.4 is 5.32 Å². The minimum Gasteiger partial charge on any atom is -0.336 e. The molecule has 2 heterocycles. The van der Waals surface area contributed by atoms with E-state index in [0.717, 1.165) is 24.9 Å². The Bertz CT molecular complexity index is 599. The molecule has 3 rings (SSSR count). The predicted molar refractivity (Wildman–Crippen MR) is 86.1 cm³/mol. The predicted octanol–water partition coefficient (Wildman–Crippen LogP) is 2.88. The van der Waals surface area contributed by atoms with Crippen molar-refractivity contribution in [1.82, 2.24) is 9.80 Å². The molecule has 5 nitrogen and oxygen atoms in total. The number of anilines is 1. The Kier molecular flexibility index (Phi) is 4.00. The Morgan fingerprint density at radius 3 is 2.91 bits per heavy atom. The van der Waals surface area contributed by atoms with E-state index in [1.54, 1.807) is 17.9 Å². The highest BCUT2D eigenvalue weighted by atomic mass is 35.5. The number of nitrogens with one attached hydrogen (secondary N) is 1. The molecular formula is C16H20ClN3O2. The van der Waals surface area contributed by atoms with Crippen molar-refractivity contribution in [1.29, 1.82) is 0 Å². The zero-order valence-corrected chi connectivity index (χ0v) is 13.6. The van der Waals surface area contributed by atoms with Crippen LogP contribution in [0, 0.1) is 6.92 Å². The maximum atomic E-state index is 12.6. The summed E-state index contributed by atoms with van der Waals surface area (Å²) in [4.78, 5) is 28.5. The lowest BCUT2D eigenvalue weighted by Gasteiger charge is -2.41. The molecule has 118 valence electrons. The van der Waals surface area contributed by atoms with Gasteiger partial charge in [0.05, 0.1) is 10.7 Å². The summed E-state index contributed by atoms with van der Waals surface area (Å²) in [6.07, 6.45) is 1.98. The molecule has 0 saturated carbocycles. The van der Waals surface area contributed by atoms with Gasteiger partial charge in [0.2, 0.25) is 5.91 Å². The highest BCUT2D eigenvalue weighted by Crippen LogP contribution is 2.28. The van der Waals surface area contributed by atoms with Gasteiger partial charge in [-0.3, -0.25) is 4.79 Å². The third-order valence-corrected chi connectivity index (χ3v) is 4.92. The molecule has 0 aromatic heterocycles. The van der Waals surface area contributed by atoms with Gasteiger partial charge in [-0.05, 0) is 38.3 Å². The molecule has 0 spiro atoms. The molecule has 3 amide bonds. The van der Waals surface area contributed by atoms with Gasteiger partial charge in [-0.1, -0.05) is 23.7 Å². The summed E-state index contributed by atoms with van der Waals surface area (Å²) >= 11 is 6.16. The first-order valence-corrected chi connectivity index (χ1v) is 8.00. The van der Waals surface area contributed by atoms with E-state index in [4.69, 9.17) is 11.6 Å². The number of para-hydroxylation sites is 1. The van der Waals surface area contributed by atoms with Crippen molar-refractivity contribution >= 4 is 29.2 Å². The number of amides is 3. The quantitative estimate of drug-likeness (QED) is 0.864. The number of urea groups is 1. The zero-order chi connectivity index (χ0) is 15.9. The lowest BCUT2D eigenvalue weighted by atomic mass is 10.1. The summed E-state index contributed by atoms with van der Waals surface area (Å²) in [6, 6.07) is 4.94. The van der Waals surface area contributed by atoms with Gasteiger partial charge >= 0.3 is 6.03 Å². The third-order valence-electron chi connectivity index (χ3n) is 4.61. The van der Waals surface area contributed by atoms with Crippen LogP contribution in [0.2, 0.25) is 5.02 Å². The molecule has 2 atom stereocenters. The SMILES string of the molecule is Cc1cccc(Cl)c1NC(=O)N1C[C@H]2CCCN2C(=O)[C@H]1C. The largest absolute Gasteiger partial charge is 0.336 e. The maximum Gasteiger partial charge on any atom is 0.322 e. The molecule has 1 N–H and O–H groups in total. The van der Waals surface area contributed by atoms with Gasteiger partial charge in [0.15, 0.2) is 0 Å². The number of hydrogen-bond donors (Lipinski definition) is 1. The standard InChI is InChI=1S/C16H20ClN3O2/c1-10-5-3-7-13(17)14(10)18-16(22)20-9-12-6-4-8-19(12)15(21)11(20)2/h3,5,7,11-12H,4,6,8-9H2,1-2H3,(H,18,22)/t11-,12-/m1/s1. The summed E-state index contributed by atoms with van der Waals surface area (Å²) in [7, 11) is 0. The third kappa shape index (κ3) is 2.54. The molecular weight excluding hydrogens is 302 g/mol. The van der Waals surface area contributed by atoms with E-state index in [1.807, 2.05) is 24.0 Å². The molecule has 2 aliphatic heterocycles. The monoisotopic (exact) mass is 321 g/mol. The number of rotatable bonds is 1. The Balaban J connectivity index is 1.78. The first-order chi connectivity index (χ1) is 10.5. The Hall–Kier alpha value is -1.75. The second-order valence-electron chi connectivity index (χ2n) is 6.02. The van der Waals surface area contributed by atoms with Crippen molar-refractivity contribution < 1.29 is 9.59 Å². The zero-order valence-electron chi connectivity index (χ0n) is 12.8. The number of hydrogen-bond acceptors (Lipinski definition) is 2. The van der Waals surface area contributed by atoms with E-state index < -0.39 is 6.04 Å². The number of carbonyl (C=O) groups is 2. The van der Waals surface area contributed by atoms with Crippen molar-refractivity contribution in [3.8, 4) is 0 Å². The molecule has 1 aromatic rings. The Morgan fingerprint density at radius 2 is 2.18 bits per heavy atom. The van der Waals surface area contributed by atoms with Crippen LogP contribution in [0.1, 0.15) is 25.3 Å². The molecule has 6 heteroatoms. The Labute approximate surface area is 135 Å².